The van der Waals surface area contributed by atoms with Crippen LogP contribution in [0.15, 0.2) is 21.7 Å². The van der Waals surface area contributed by atoms with Crippen molar-refractivity contribution in [3.05, 3.63) is 22.2 Å². The minimum atomic E-state index is 0.0286. The van der Waals surface area contributed by atoms with Gasteiger partial charge in [0, 0.05) is 0 Å². The number of hydrogen-bond acceptors (Lipinski definition) is 5. The first-order chi connectivity index (χ1) is 8.19. The van der Waals surface area contributed by atoms with Crippen molar-refractivity contribution in [3.8, 4) is 11.5 Å². The highest BCUT2D eigenvalue weighted by Crippen LogP contribution is 2.34. The first kappa shape index (κ1) is 13.8. The van der Waals surface area contributed by atoms with Gasteiger partial charge in [-0.15, -0.1) is 0 Å². The van der Waals surface area contributed by atoms with Crippen molar-refractivity contribution >= 4 is 22.1 Å². The first-order valence-corrected chi connectivity index (χ1v) is 6.00. The summed E-state index contributed by atoms with van der Waals surface area (Å²) < 4.78 is 5.83. The molecule has 1 aromatic rings. The Bertz CT molecular complexity index is 397. The summed E-state index contributed by atoms with van der Waals surface area (Å²) in [5.41, 5.74) is 3.45. The predicted octanol–water partition coefficient (Wildman–Crippen LogP) is 1.47. The monoisotopic (exact) mass is 302 g/mol. The summed E-state index contributed by atoms with van der Waals surface area (Å²) in [6.45, 7) is 2.75. The van der Waals surface area contributed by atoms with E-state index < -0.39 is 0 Å². The second-order valence-electron chi connectivity index (χ2n) is 3.17. The van der Waals surface area contributed by atoms with Crippen LogP contribution < -0.4 is 10.2 Å². The molecule has 0 aliphatic carbocycles. The number of halogens is 1. The number of nitrogens with zero attached hydrogens (tertiary/aromatic N) is 1. The zero-order valence-corrected chi connectivity index (χ0v) is 11.1. The quantitative estimate of drug-likeness (QED) is 0.423. The van der Waals surface area contributed by atoms with Gasteiger partial charge in [0.1, 0.15) is 0 Å². The topological polar surface area (TPSA) is 74.1 Å². The van der Waals surface area contributed by atoms with Crippen LogP contribution >= 0.6 is 15.9 Å². The first-order valence-electron chi connectivity index (χ1n) is 5.21. The number of nitrogens with one attached hydrogen (secondary N) is 1. The lowest BCUT2D eigenvalue weighted by Crippen LogP contribution is -2.11. The molecule has 0 radical (unpaired) electrons. The second kappa shape index (κ2) is 7.13. The van der Waals surface area contributed by atoms with Gasteiger partial charge in [-0.25, -0.2) is 0 Å². The highest BCUT2D eigenvalue weighted by molar-refractivity contribution is 9.10. The van der Waals surface area contributed by atoms with Crippen LogP contribution in [0.3, 0.4) is 0 Å². The standard InChI is InChI=1S/C11H15BrN2O3/c1-2-17-10-6-8(5-9(12)11(10)16)7-14-13-3-4-15/h5-7,13,15-16H,2-4H2,1H3. The van der Waals surface area contributed by atoms with Gasteiger partial charge in [0.2, 0.25) is 0 Å². The zero-order chi connectivity index (χ0) is 12.7. The van der Waals surface area contributed by atoms with Crippen molar-refractivity contribution in [2.24, 2.45) is 5.10 Å². The summed E-state index contributed by atoms with van der Waals surface area (Å²) in [5, 5.41) is 22.2. The smallest absolute Gasteiger partial charge is 0.172 e. The summed E-state index contributed by atoms with van der Waals surface area (Å²) in [6, 6.07) is 3.41. The van der Waals surface area contributed by atoms with Gasteiger partial charge in [0.15, 0.2) is 11.5 Å². The van der Waals surface area contributed by atoms with Crippen molar-refractivity contribution < 1.29 is 14.9 Å². The van der Waals surface area contributed by atoms with Gasteiger partial charge < -0.3 is 20.4 Å². The van der Waals surface area contributed by atoms with Crippen LogP contribution in [0.5, 0.6) is 11.5 Å². The Morgan fingerprint density at radius 1 is 1.53 bits per heavy atom. The SMILES string of the molecule is CCOc1cc(C=NNCCO)cc(Br)c1O. The van der Waals surface area contributed by atoms with E-state index in [0.29, 0.717) is 23.4 Å². The highest BCUT2D eigenvalue weighted by atomic mass is 79.9. The lowest BCUT2D eigenvalue weighted by Gasteiger charge is -2.08. The maximum Gasteiger partial charge on any atom is 0.172 e. The average molecular weight is 303 g/mol. The van der Waals surface area contributed by atoms with Crippen molar-refractivity contribution in [3.63, 3.8) is 0 Å². The van der Waals surface area contributed by atoms with Crippen LogP contribution in [0.2, 0.25) is 0 Å². The fraction of sp³-hybridized carbons (Fsp3) is 0.364. The Balaban J connectivity index is 2.82. The van der Waals surface area contributed by atoms with Gasteiger partial charge in [0.25, 0.3) is 0 Å². The lowest BCUT2D eigenvalue weighted by atomic mass is 10.2. The second-order valence-corrected chi connectivity index (χ2v) is 4.03. The molecule has 6 heteroatoms. The molecule has 0 spiro atoms. The molecule has 0 heterocycles. The third-order valence-corrected chi connectivity index (χ3v) is 2.48. The van der Waals surface area contributed by atoms with E-state index in [1.54, 1.807) is 18.3 Å². The van der Waals surface area contributed by atoms with E-state index in [1.807, 2.05) is 6.92 Å². The molecule has 0 aromatic heterocycles. The lowest BCUT2D eigenvalue weighted by molar-refractivity contribution is 0.294. The molecule has 17 heavy (non-hydrogen) atoms. The molecule has 0 unspecified atom stereocenters. The molecule has 0 fully saturated rings. The molecular weight excluding hydrogens is 288 g/mol. The Labute approximate surface area is 108 Å². The number of aromatic hydroxyl groups is 1. The van der Waals surface area contributed by atoms with E-state index in [9.17, 15) is 5.11 Å². The van der Waals surface area contributed by atoms with E-state index in [1.165, 1.54) is 0 Å². The van der Waals surface area contributed by atoms with Crippen LogP contribution in [0.1, 0.15) is 12.5 Å². The minimum Gasteiger partial charge on any atom is -0.503 e. The summed E-state index contributed by atoms with van der Waals surface area (Å²) in [4.78, 5) is 0. The Kier molecular flexibility index (Phi) is 5.79. The average Bonchev–Trinajstić information content (AvgIpc) is 2.31. The highest BCUT2D eigenvalue weighted by Gasteiger charge is 2.07. The maximum atomic E-state index is 9.70. The van der Waals surface area contributed by atoms with E-state index in [4.69, 9.17) is 9.84 Å². The van der Waals surface area contributed by atoms with E-state index in [-0.39, 0.29) is 12.4 Å². The Morgan fingerprint density at radius 3 is 2.94 bits per heavy atom. The molecule has 1 aromatic carbocycles. The molecule has 94 valence electrons. The Morgan fingerprint density at radius 2 is 2.29 bits per heavy atom. The molecule has 0 bridgehead atoms. The number of phenolic OH excluding ortho intramolecular Hbond substituents is 1. The number of benzene rings is 1. The molecule has 1 rings (SSSR count). The van der Waals surface area contributed by atoms with E-state index in [0.717, 1.165) is 5.56 Å². The van der Waals surface area contributed by atoms with Gasteiger partial charge in [-0.2, -0.15) is 5.10 Å². The van der Waals surface area contributed by atoms with Crippen LogP contribution in [-0.4, -0.2) is 36.2 Å². The van der Waals surface area contributed by atoms with Crippen molar-refractivity contribution in [1.29, 1.82) is 0 Å². The largest absolute Gasteiger partial charge is 0.503 e. The number of rotatable bonds is 6. The van der Waals surface area contributed by atoms with Crippen molar-refractivity contribution in [2.75, 3.05) is 19.8 Å². The fourth-order valence-corrected chi connectivity index (χ4v) is 1.63. The summed E-state index contributed by atoms with van der Waals surface area (Å²) in [7, 11) is 0. The van der Waals surface area contributed by atoms with Crippen LogP contribution in [0, 0.1) is 0 Å². The molecule has 3 N–H and O–H groups in total. The van der Waals surface area contributed by atoms with Crippen LogP contribution in [0.4, 0.5) is 0 Å². The third-order valence-electron chi connectivity index (χ3n) is 1.88. The fourth-order valence-electron chi connectivity index (χ4n) is 1.17. The summed E-state index contributed by atoms with van der Waals surface area (Å²) in [5.74, 6) is 0.484. The summed E-state index contributed by atoms with van der Waals surface area (Å²) in [6.07, 6.45) is 1.59. The van der Waals surface area contributed by atoms with Gasteiger partial charge in [-0.1, -0.05) is 0 Å². The number of phenols is 1. The van der Waals surface area contributed by atoms with Crippen LogP contribution in [-0.2, 0) is 0 Å². The van der Waals surface area contributed by atoms with Crippen molar-refractivity contribution in [2.45, 2.75) is 6.92 Å². The molecule has 0 aliphatic rings. The molecule has 0 atom stereocenters. The minimum absolute atomic E-state index is 0.0286. The molecule has 0 saturated heterocycles. The normalized spacial score (nSPS) is 10.8. The molecule has 0 saturated carbocycles. The van der Waals surface area contributed by atoms with Gasteiger partial charge in [0.05, 0.1) is 30.4 Å². The zero-order valence-electron chi connectivity index (χ0n) is 9.48. The predicted molar refractivity (Wildman–Crippen MR) is 69.7 cm³/mol. The van der Waals surface area contributed by atoms with E-state index >= 15 is 0 Å². The van der Waals surface area contributed by atoms with E-state index in [2.05, 4.69) is 26.5 Å². The molecule has 0 amide bonds. The van der Waals surface area contributed by atoms with Gasteiger partial charge >= 0.3 is 0 Å². The number of aliphatic hydroxyl groups excluding tert-OH is 1. The Hall–Kier alpha value is -1.27. The number of ether oxygens (including phenoxy) is 1. The number of aliphatic hydroxyl groups is 1. The summed E-state index contributed by atoms with van der Waals surface area (Å²) >= 11 is 3.24. The number of hydrazone groups is 1. The molecule has 5 nitrogen and oxygen atoms in total. The van der Waals surface area contributed by atoms with Gasteiger partial charge in [-0.05, 0) is 40.5 Å². The van der Waals surface area contributed by atoms with Gasteiger partial charge in [-0.3, -0.25) is 0 Å². The van der Waals surface area contributed by atoms with Crippen molar-refractivity contribution in [1.82, 2.24) is 5.43 Å². The van der Waals surface area contributed by atoms with Crippen LogP contribution in [0.25, 0.3) is 0 Å². The third kappa shape index (κ3) is 4.24. The molecule has 0 aliphatic heterocycles. The molecular formula is C11H15BrN2O3. The maximum absolute atomic E-state index is 9.70. The number of hydrogen-bond donors (Lipinski definition) is 3.